The van der Waals surface area contributed by atoms with Crippen molar-refractivity contribution in [1.29, 1.82) is 0 Å². The highest BCUT2D eigenvalue weighted by Gasteiger charge is 2.01. The quantitative estimate of drug-likeness (QED) is 0.823. The monoisotopic (exact) mass is 255 g/mol. The number of carbonyl (C=O) groups is 2. The molecule has 0 saturated carbocycles. The van der Waals surface area contributed by atoms with Crippen LogP contribution < -0.4 is 10.6 Å². The predicted octanol–water partition coefficient (Wildman–Crippen LogP) is 2.22. The summed E-state index contributed by atoms with van der Waals surface area (Å²) in [7, 11) is 0. The van der Waals surface area contributed by atoms with Crippen molar-refractivity contribution in [2.45, 2.75) is 6.54 Å². The number of amides is 2. The maximum absolute atomic E-state index is 11.6. The number of aldehydes is 1. The summed E-state index contributed by atoms with van der Waals surface area (Å²) in [5.41, 5.74) is 2.18. The van der Waals surface area contributed by atoms with E-state index < -0.39 is 0 Å². The fourth-order valence-electron chi connectivity index (χ4n) is 1.50. The molecule has 0 unspecified atom stereocenters. The minimum absolute atomic E-state index is 0.296. The standard InChI is InChI=1S/C14H13N3O2/c18-10-12-1-3-13(4-2-12)17-14(19)16-9-11-5-7-15-8-6-11/h1-8,10H,9H2,(H2,16,17,19). The van der Waals surface area contributed by atoms with Gasteiger partial charge in [0.25, 0.3) is 0 Å². The molecule has 0 bridgehead atoms. The van der Waals surface area contributed by atoms with Gasteiger partial charge in [0.15, 0.2) is 0 Å². The van der Waals surface area contributed by atoms with Crippen LogP contribution in [-0.2, 0) is 6.54 Å². The number of anilines is 1. The molecule has 2 rings (SSSR count). The van der Waals surface area contributed by atoms with Gasteiger partial charge in [0.1, 0.15) is 6.29 Å². The van der Waals surface area contributed by atoms with Crippen molar-refractivity contribution in [2.75, 3.05) is 5.32 Å². The summed E-state index contributed by atoms with van der Waals surface area (Å²) >= 11 is 0. The molecule has 5 nitrogen and oxygen atoms in total. The molecule has 0 spiro atoms. The van der Waals surface area contributed by atoms with E-state index in [4.69, 9.17) is 0 Å². The van der Waals surface area contributed by atoms with Gasteiger partial charge in [-0.25, -0.2) is 4.79 Å². The SMILES string of the molecule is O=Cc1ccc(NC(=O)NCc2ccncc2)cc1. The average Bonchev–Trinajstić information content (AvgIpc) is 2.47. The van der Waals surface area contributed by atoms with Gasteiger partial charge >= 0.3 is 6.03 Å². The number of aromatic nitrogens is 1. The Morgan fingerprint density at radius 1 is 1.11 bits per heavy atom. The Morgan fingerprint density at radius 3 is 2.42 bits per heavy atom. The van der Waals surface area contributed by atoms with Gasteiger partial charge in [-0.1, -0.05) is 0 Å². The van der Waals surface area contributed by atoms with Crippen molar-refractivity contribution in [1.82, 2.24) is 10.3 Å². The molecule has 1 heterocycles. The Morgan fingerprint density at radius 2 is 1.79 bits per heavy atom. The Bertz CT molecular complexity index is 553. The number of rotatable bonds is 4. The molecule has 0 aliphatic carbocycles. The zero-order chi connectivity index (χ0) is 13.5. The molecule has 19 heavy (non-hydrogen) atoms. The topological polar surface area (TPSA) is 71.1 Å². The Hall–Kier alpha value is -2.69. The van der Waals surface area contributed by atoms with Gasteiger partial charge in [-0.3, -0.25) is 9.78 Å². The first-order chi connectivity index (χ1) is 9.28. The van der Waals surface area contributed by atoms with Gasteiger partial charge in [-0.15, -0.1) is 0 Å². The zero-order valence-electron chi connectivity index (χ0n) is 10.2. The molecule has 96 valence electrons. The average molecular weight is 255 g/mol. The van der Waals surface area contributed by atoms with Crippen LogP contribution >= 0.6 is 0 Å². The lowest BCUT2D eigenvalue weighted by atomic mass is 10.2. The summed E-state index contributed by atoms with van der Waals surface area (Å²) in [6, 6.07) is 10.0. The molecule has 1 aromatic carbocycles. The third-order valence-corrected chi connectivity index (χ3v) is 2.51. The van der Waals surface area contributed by atoms with Crippen LogP contribution in [-0.4, -0.2) is 17.3 Å². The molecule has 2 amide bonds. The minimum Gasteiger partial charge on any atom is -0.334 e. The first kappa shape index (κ1) is 12.8. The summed E-state index contributed by atoms with van der Waals surface area (Å²) < 4.78 is 0. The number of pyridine rings is 1. The maximum atomic E-state index is 11.6. The van der Waals surface area contributed by atoms with E-state index in [2.05, 4.69) is 15.6 Å². The van der Waals surface area contributed by atoms with Crippen molar-refractivity contribution in [3.8, 4) is 0 Å². The Labute approximate surface area is 110 Å². The van der Waals surface area contributed by atoms with Gasteiger partial charge in [-0.05, 0) is 42.0 Å². The van der Waals surface area contributed by atoms with Crippen LogP contribution in [0.5, 0.6) is 0 Å². The van der Waals surface area contributed by atoms with Gasteiger partial charge in [-0.2, -0.15) is 0 Å². The highest BCUT2D eigenvalue weighted by Crippen LogP contribution is 2.07. The molecule has 0 atom stereocenters. The summed E-state index contributed by atoms with van der Waals surface area (Å²) in [5, 5.41) is 5.41. The predicted molar refractivity (Wildman–Crippen MR) is 71.9 cm³/mol. The Kier molecular flexibility index (Phi) is 4.23. The number of hydrogen-bond donors (Lipinski definition) is 2. The van der Waals surface area contributed by atoms with E-state index in [-0.39, 0.29) is 6.03 Å². The van der Waals surface area contributed by atoms with Crippen LogP contribution in [0.1, 0.15) is 15.9 Å². The van der Waals surface area contributed by atoms with E-state index in [1.165, 1.54) is 0 Å². The number of nitrogens with zero attached hydrogens (tertiary/aromatic N) is 1. The van der Waals surface area contributed by atoms with Crippen LogP contribution in [0.15, 0.2) is 48.8 Å². The summed E-state index contributed by atoms with van der Waals surface area (Å²) in [6.07, 6.45) is 4.10. The highest BCUT2D eigenvalue weighted by molar-refractivity contribution is 5.89. The van der Waals surface area contributed by atoms with Gasteiger partial charge in [0, 0.05) is 30.2 Å². The fourth-order valence-corrected chi connectivity index (χ4v) is 1.50. The molecule has 0 radical (unpaired) electrons. The van der Waals surface area contributed by atoms with E-state index in [0.717, 1.165) is 11.8 Å². The lowest BCUT2D eigenvalue weighted by Gasteiger charge is -2.07. The number of carbonyl (C=O) groups excluding carboxylic acids is 2. The van der Waals surface area contributed by atoms with E-state index in [9.17, 15) is 9.59 Å². The van der Waals surface area contributed by atoms with Gasteiger partial charge in [0.2, 0.25) is 0 Å². The van der Waals surface area contributed by atoms with E-state index >= 15 is 0 Å². The lowest BCUT2D eigenvalue weighted by molar-refractivity contribution is 0.112. The summed E-state index contributed by atoms with van der Waals surface area (Å²) in [5.74, 6) is 0. The zero-order valence-corrected chi connectivity index (χ0v) is 10.2. The molecule has 5 heteroatoms. The number of urea groups is 1. The molecule has 0 aliphatic heterocycles. The molecule has 2 aromatic rings. The minimum atomic E-state index is -0.296. The summed E-state index contributed by atoms with van der Waals surface area (Å²) in [6.45, 7) is 0.431. The van der Waals surface area contributed by atoms with Crippen molar-refractivity contribution in [3.63, 3.8) is 0 Å². The second-order valence-electron chi connectivity index (χ2n) is 3.90. The van der Waals surface area contributed by atoms with Crippen LogP contribution in [0.3, 0.4) is 0 Å². The molecular formula is C14H13N3O2. The smallest absolute Gasteiger partial charge is 0.319 e. The van der Waals surface area contributed by atoms with Crippen molar-refractivity contribution in [2.24, 2.45) is 0 Å². The third-order valence-electron chi connectivity index (χ3n) is 2.51. The second-order valence-corrected chi connectivity index (χ2v) is 3.90. The first-order valence-corrected chi connectivity index (χ1v) is 5.77. The number of hydrogen-bond acceptors (Lipinski definition) is 3. The maximum Gasteiger partial charge on any atom is 0.319 e. The number of benzene rings is 1. The van der Waals surface area contributed by atoms with Crippen molar-refractivity contribution >= 4 is 18.0 Å². The van der Waals surface area contributed by atoms with E-state index in [0.29, 0.717) is 17.8 Å². The van der Waals surface area contributed by atoms with E-state index in [1.807, 2.05) is 12.1 Å². The normalized spacial score (nSPS) is 9.68. The van der Waals surface area contributed by atoms with Crippen LogP contribution in [0.4, 0.5) is 10.5 Å². The van der Waals surface area contributed by atoms with Gasteiger partial charge < -0.3 is 10.6 Å². The summed E-state index contributed by atoms with van der Waals surface area (Å²) in [4.78, 5) is 26.0. The van der Waals surface area contributed by atoms with Crippen LogP contribution in [0.25, 0.3) is 0 Å². The lowest BCUT2D eigenvalue weighted by Crippen LogP contribution is -2.28. The van der Waals surface area contributed by atoms with Crippen molar-refractivity contribution in [3.05, 3.63) is 59.9 Å². The molecule has 1 aromatic heterocycles. The third kappa shape index (κ3) is 3.92. The number of nitrogens with one attached hydrogen (secondary N) is 2. The Balaban J connectivity index is 1.85. The second kappa shape index (κ2) is 6.30. The molecule has 0 saturated heterocycles. The van der Waals surface area contributed by atoms with E-state index in [1.54, 1.807) is 36.7 Å². The fraction of sp³-hybridized carbons (Fsp3) is 0.0714. The van der Waals surface area contributed by atoms with Crippen molar-refractivity contribution < 1.29 is 9.59 Å². The van der Waals surface area contributed by atoms with Crippen LogP contribution in [0, 0.1) is 0 Å². The van der Waals surface area contributed by atoms with Crippen LogP contribution in [0.2, 0.25) is 0 Å². The highest BCUT2D eigenvalue weighted by atomic mass is 16.2. The van der Waals surface area contributed by atoms with Gasteiger partial charge in [0.05, 0.1) is 0 Å². The molecule has 2 N–H and O–H groups in total. The molecular weight excluding hydrogens is 242 g/mol. The first-order valence-electron chi connectivity index (χ1n) is 5.77. The largest absolute Gasteiger partial charge is 0.334 e. The molecule has 0 fully saturated rings. The molecule has 0 aliphatic rings.